The van der Waals surface area contributed by atoms with E-state index in [1.807, 2.05) is 29.2 Å². The highest BCUT2D eigenvalue weighted by Crippen LogP contribution is 2.30. The number of carbonyl (C=O) groups excluding carboxylic acids is 1. The molecule has 1 heterocycles. The van der Waals surface area contributed by atoms with Crippen molar-refractivity contribution in [2.24, 2.45) is 0 Å². The second-order valence-corrected chi connectivity index (χ2v) is 6.72. The molecule has 1 amide bonds. The molecule has 0 saturated carbocycles. The molecule has 3 rings (SSSR count). The van der Waals surface area contributed by atoms with Gasteiger partial charge in [0.1, 0.15) is 5.75 Å². The van der Waals surface area contributed by atoms with Crippen molar-refractivity contribution in [3.8, 4) is 5.75 Å². The number of ether oxygens (including phenoxy) is 1. The Morgan fingerprint density at radius 2 is 1.82 bits per heavy atom. The first kappa shape index (κ1) is 19.7. The smallest absolute Gasteiger partial charge is 0.271 e. The van der Waals surface area contributed by atoms with E-state index in [-0.39, 0.29) is 11.6 Å². The van der Waals surface area contributed by atoms with E-state index < -0.39 is 4.92 Å². The Morgan fingerprint density at radius 1 is 1.14 bits per heavy atom. The molecule has 1 aliphatic rings. The van der Waals surface area contributed by atoms with Crippen molar-refractivity contribution in [3.63, 3.8) is 0 Å². The number of non-ortho nitro benzene ring substituents is 1. The van der Waals surface area contributed by atoms with Crippen molar-refractivity contribution in [1.29, 1.82) is 0 Å². The fourth-order valence-electron chi connectivity index (χ4n) is 3.02. The first-order valence-electron chi connectivity index (χ1n) is 8.78. The number of benzene rings is 2. The van der Waals surface area contributed by atoms with Gasteiger partial charge in [0.2, 0.25) is 5.91 Å². The number of methoxy groups -OCH3 is 1. The van der Waals surface area contributed by atoms with Gasteiger partial charge in [0.15, 0.2) is 0 Å². The summed E-state index contributed by atoms with van der Waals surface area (Å²) in [5.41, 5.74) is 1.63. The Balaban J connectivity index is 1.57. The molecule has 0 spiro atoms. The predicted molar refractivity (Wildman–Crippen MR) is 109 cm³/mol. The van der Waals surface area contributed by atoms with Crippen LogP contribution in [0, 0.1) is 10.1 Å². The topological polar surface area (TPSA) is 75.9 Å². The normalized spacial score (nSPS) is 14.4. The number of anilines is 1. The predicted octanol–water partition coefficient (Wildman–Crippen LogP) is 3.62. The average molecular weight is 402 g/mol. The lowest BCUT2D eigenvalue weighted by Gasteiger charge is -2.36. The molecule has 1 saturated heterocycles. The van der Waals surface area contributed by atoms with E-state index >= 15 is 0 Å². The highest BCUT2D eigenvalue weighted by molar-refractivity contribution is 6.33. The van der Waals surface area contributed by atoms with Gasteiger partial charge in [0.25, 0.3) is 5.69 Å². The summed E-state index contributed by atoms with van der Waals surface area (Å²) in [6.07, 6.45) is 3.34. The zero-order chi connectivity index (χ0) is 20.1. The summed E-state index contributed by atoms with van der Waals surface area (Å²) in [6, 6.07) is 11.9. The van der Waals surface area contributed by atoms with E-state index in [2.05, 4.69) is 0 Å². The molecule has 0 aromatic heterocycles. The van der Waals surface area contributed by atoms with Gasteiger partial charge >= 0.3 is 0 Å². The molecule has 0 bridgehead atoms. The van der Waals surface area contributed by atoms with Crippen molar-refractivity contribution in [3.05, 3.63) is 69.2 Å². The molecule has 7 nitrogen and oxygen atoms in total. The third-order valence-corrected chi connectivity index (χ3v) is 4.91. The zero-order valence-corrected chi connectivity index (χ0v) is 16.1. The van der Waals surface area contributed by atoms with Crippen LogP contribution in [0.3, 0.4) is 0 Å². The van der Waals surface area contributed by atoms with Crippen LogP contribution in [0.4, 0.5) is 11.4 Å². The number of nitro benzene ring substituents is 1. The standard InChI is InChI=1S/C20H20ClN3O4/c1-28-17-6-2-15(3-7-17)4-9-20(25)23-12-10-22(11-13-23)19-8-5-16(24(26)27)14-18(19)21/h2-9,14H,10-13H2,1H3/b9-4-. The van der Waals surface area contributed by atoms with Crippen LogP contribution in [0.25, 0.3) is 6.08 Å². The highest BCUT2D eigenvalue weighted by Gasteiger charge is 2.22. The molecule has 2 aromatic carbocycles. The molecular weight excluding hydrogens is 382 g/mol. The minimum Gasteiger partial charge on any atom is -0.497 e. The third kappa shape index (κ3) is 4.61. The van der Waals surface area contributed by atoms with E-state index in [4.69, 9.17) is 16.3 Å². The summed E-state index contributed by atoms with van der Waals surface area (Å²) in [4.78, 5) is 26.6. The fraction of sp³-hybridized carbons (Fsp3) is 0.250. The summed E-state index contributed by atoms with van der Waals surface area (Å²) in [5.74, 6) is 0.717. The lowest BCUT2D eigenvalue weighted by Crippen LogP contribution is -2.48. The van der Waals surface area contributed by atoms with Gasteiger partial charge in [-0.15, -0.1) is 0 Å². The van der Waals surface area contributed by atoms with Gasteiger partial charge in [-0.2, -0.15) is 0 Å². The Hall–Kier alpha value is -3.06. The average Bonchev–Trinajstić information content (AvgIpc) is 2.72. The van der Waals surface area contributed by atoms with E-state index in [9.17, 15) is 14.9 Å². The van der Waals surface area contributed by atoms with E-state index in [1.54, 1.807) is 30.2 Å². The quantitative estimate of drug-likeness (QED) is 0.434. The van der Waals surface area contributed by atoms with Gasteiger partial charge in [0, 0.05) is 44.4 Å². The van der Waals surface area contributed by atoms with Gasteiger partial charge in [0.05, 0.1) is 22.7 Å². The molecule has 28 heavy (non-hydrogen) atoms. The van der Waals surface area contributed by atoms with Crippen LogP contribution >= 0.6 is 11.6 Å². The highest BCUT2D eigenvalue weighted by atomic mass is 35.5. The van der Waals surface area contributed by atoms with Gasteiger partial charge in [-0.1, -0.05) is 23.7 Å². The molecule has 0 atom stereocenters. The van der Waals surface area contributed by atoms with Crippen LogP contribution in [0.15, 0.2) is 48.5 Å². The molecule has 0 radical (unpaired) electrons. The van der Waals surface area contributed by atoms with E-state index in [0.29, 0.717) is 31.2 Å². The van der Waals surface area contributed by atoms with Crippen molar-refractivity contribution in [2.75, 3.05) is 38.2 Å². The summed E-state index contributed by atoms with van der Waals surface area (Å²) in [7, 11) is 1.61. The number of halogens is 1. The van der Waals surface area contributed by atoms with Gasteiger partial charge in [-0.05, 0) is 29.8 Å². The van der Waals surface area contributed by atoms with Crippen molar-refractivity contribution in [1.82, 2.24) is 4.90 Å². The second kappa shape index (κ2) is 8.75. The Kier molecular flexibility index (Phi) is 6.16. The first-order valence-corrected chi connectivity index (χ1v) is 9.15. The number of amides is 1. The van der Waals surface area contributed by atoms with E-state index in [0.717, 1.165) is 17.0 Å². The van der Waals surface area contributed by atoms with E-state index in [1.165, 1.54) is 12.1 Å². The number of carbonyl (C=O) groups is 1. The number of hydrogen-bond acceptors (Lipinski definition) is 5. The minimum absolute atomic E-state index is 0.0359. The monoisotopic (exact) mass is 401 g/mol. The summed E-state index contributed by atoms with van der Waals surface area (Å²) < 4.78 is 5.12. The molecule has 1 aliphatic heterocycles. The van der Waals surface area contributed by atoms with Crippen LogP contribution in [0.1, 0.15) is 5.56 Å². The summed E-state index contributed by atoms with van der Waals surface area (Å²) >= 11 is 6.20. The van der Waals surface area contributed by atoms with Crippen molar-refractivity contribution < 1.29 is 14.5 Å². The van der Waals surface area contributed by atoms with Gasteiger partial charge in [-0.3, -0.25) is 14.9 Å². The second-order valence-electron chi connectivity index (χ2n) is 6.31. The molecular formula is C20H20ClN3O4. The van der Waals surface area contributed by atoms with Gasteiger partial charge < -0.3 is 14.5 Å². The Morgan fingerprint density at radius 3 is 2.39 bits per heavy atom. The van der Waals surface area contributed by atoms with Crippen LogP contribution in [-0.2, 0) is 4.79 Å². The van der Waals surface area contributed by atoms with Crippen LogP contribution < -0.4 is 9.64 Å². The van der Waals surface area contributed by atoms with Gasteiger partial charge in [-0.25, -0.2) is 0 Å². The van der Waals surface area contributed by atoms with Crippen LogP contribution in [0.5, 0.6) is 5.75 Å². The lowest BCUT2D eigenvalue weighted by atomic mass is 10.2. The molecule has 1 fully saturated rings. The molecule has 0 N–H and O–H groups in total. The summed E-state index contributed by atoms with van der Waals surface area (Å²) in [5, 5.41) is 11.2. The number of nitro groups is 1. The first-order chi connectivity index (χ1) is 13.5. The largest absolute Gasteiger partial charge is 0.497 e. The molecule has 8 heteroatoms. The third-order valence-electron chi connectivity index (χ3n) is 4.61. The van der Waals surface area contributed by atoms with Crippen molar-refractivity contribution >= 4 is 35.0 Å². The zero-order valence-electron chi connectivity index (χ0n) is 15.4. The van der Waals surface area contributed by atoms with Crippen LogP contribution in [0.2, 0.25) is 5.02 Å². The number of nitrogens with zero attached hydrogens (tertiary/aromatic N) is 3. The maximum Gasteiger partial charge on any atom is 0.271 e. The fourth-order valence-corrected chi connectivity index (χ4v) is 3.32. The van der Waals surface area contributed by atoms with Crippen LogP contribution in [-0.4, -0.2) is 49.0 Å². The SMILES string of the molecule is COc1ccc(/C=C\C(=O)N2CCN(c3ccc([N+](=O)[O-])cc3Cl)CC2)cc1. The summed E-state index contributed by atoms with van der Waals surface area (Å²) in [6.45, 7) is 2.33. The Labute approximate surface area is 167 Å². The van der Waals surface area contributed by atoms with Crippen molar-refractivity contribution in [2.45, 2.75) is 0 Å². The number of piperazine rings is 1. The molecule has 0 unspecified atom stereocenters. The Bertz CT molecular complexity index is 891. The molecule has 2 aromatic rings. The maximum atomic E-state index is 12.4. The number of rotatable bonds is 5. The minimum atomic E-state index is -0.471. The number of hydrogen-bond donors (Lipinski definition) is 0. The maximum absolute atomic E-state index is 12.4. The molecule has 0 aliphatic carbocycles. The lowest BCUT2D eigenvalue weighted by molar-refractivity contribution is -0.384. The molecule has 146 valence electrons.